The van der Waals surface area contributed by atoms with Gasteiger partial charge in [-0.1, -0.05) is 15.9 Å². The van der Waals surface area contributed by atoms with Gasteiger partial charge in [0.1, 0.15) is 11.4 Å². The van der Waals surface area contributed by atoms with Crippen LogP contribution >= 0.6 is 15.9 Å². The molecule has 2 fully saturated rings. The second-order valence-corrected chi connectivity index (χ2v) is 8.71. The number of rotatable bonds is 3. The van der Waals surface area contributed by atoms with Gasteiger partial charge in [-0.2, -0.15) is 0 Å². The summed E-state index contributed by atoms with van der Waals surface area (Å²) in [4.78, 5) is 34.5. The number of aromatic nitrogens is 1. The van der Waals surface area contributed by atoms with Crippen molar-refractivity contribution in [1.82, 2.24) is 9.88 Å². The van der Waals surface area contributed by atoms with Gasteiger partial charge in [0.05, 0.1) is 11.9 Å². The summed E-state index contributed by atoms with van der Waals surface area (Å²) >= 11 is 3.46. The fraction of sp³-hybridized carbons (Fsp3) is 0.632. The third-order valence-electron chi connectivity index (χ3n) is 4.73. The van der Waals surface area contributed by atoms with Gasteiger partial charge in [-0.25, -0.2) is 9.78 Å². The number of alkyl halides is 1. The van der Waals surface area contributed by atoms with Gasteiger partial charge in [-0.15, -0.1) is 0 Å². The van der Waals surface area contributed by atoms with Crippen LogP contribution in [0.3, 0.4) is 0 Å². The van der Waals surface area contributed by atoms with Crippen molar-refractivity contribution in [2.75, 3.05) is 47.9 Å². The summed E-state index contributed by atoms with van der Waals surface area (Å²) in [5.41, 5.74) is 0.528. The average molecular weight is 439 g/mol. The minimum atomic E-state index is -0.477. The topological polar surface area (TPSA) is 66.0 Å². The van der Waals surface area contributed by atoms with Gasteiger partial charge in [0, 0.05) is 44.5 Å². The summed E-state index contributed by atoms with van der Waals surface area (Å²) in [6, 6.07) is 3.91. The molecule has 0 bridgehead atoms. The molecule has 7 nitrogen and oxygen atoms in total. The van der Waals surface area contributed by atoms with Crippen molar-refractivity contribution in [1.29, 1.82) is 0 Å². The van der Waals surface area contributed by atoms with Crippen LogP contribution in [0.1, 0.15) is 27.2 Å². The summed E-state index contributed by atoms with van der Waals surface area (Å²) in [6.07, 6.45) is 2.12. The first-order chi connectivity index (χ1) is 12.8. The fourth-order valence-electron chi connectivity index (χ4n) is 3.31. The molecule has 27 heavy (non-hydrogen) atoms. The molecule has 3 rings (SSSR count). The summed E-state index contributed by atoms with van der Waals surface area (Å²) in [6.45, 7) is 9.04. The Morgan fingerprint density at radius 3 is 2.48 bits per heavy atom. The molecule has 8 heteroatoms. The first-order valence-corrected chi connectivity index (χ1v) is 10.4. The number of ether oxygens (including phenoxy) is 1. The molecular formula is C19H27BrN4O3. The Hall–Kier alpha value is -1.83. The second kappa shape index (κ2) is 8.04. The number of hydrogen-bond donors (Lipinski definition) is 0. The monoisotopic (exact) mass is 438 g/mol. The third-order valence-corrected chi connectivity index (χ3v) is 5.64. The highest BCUT2D eigenvalue weighted by Crippen LogP contribution is 2.26. The number of anilines is 2. The maximum absolute atomic E-state index is 12.2. The van der Waals surface area contributed by atoms with Crippen LogP contribution in [0, 0.1) is 5.92 Å². The number of halogens is 1. The first kappa shape index (κ1) is 19.9. The van der Waals surface area contributed by atoms with E-state index in [1.807, 2.05) is 39.1 Å². The zero-order chi connectivity index (χ0) is 19.6. The molecular weight excluding hydrogens is 412 g/mol. The number of nitrogens with zero attached hydrogens (tertiary/aromatic N) is 4. The van der Waals surface area contributed by atoms with Gasteiger partial charge in [-0.05, 0) is 38.8 Å². The maximum Gasteiger partial charge on any atom is 0.410 e. The van der Waals surface area contributed by atoms with Crippen LogP contribution in [0.4, 0.5) is 16.3 Å². The van der Waals surface area contributed by atoms with Crippen LogP contribution in [0.5, 0.6) is 0 Å². The van der Waals surface area contributed by atoms with E-state index in [1.165, 1.54) is 0 Å². The molecule has 2 saturated heterocycles. The molecule has 2 aliphatic rings. The van der Waals surface area contributed by atoms with Gasteiger partial charge in [0.25, 0.3) is 0 Å². The molecule has 0 aliphatic carbocycles. The maximum atomic E-state index is 12.2. The standard InChI is InChI=1S/C19H27BrN4O3/c1-19(2,3)27-18(26)23-8-6-22(7-9-23)15-4-5-16(21-12-15)24-13-14(11-20)10-17(24)25/h4-5,12,14H,6-11,13H2,1-3H3. The van der Waals surface area contributed by atoms with Crippen molar-refractivity contribution >= 4 is 39.4 Å². The fourth-order valence-corrected chi connectivity index (χ4v) is 3.74. The van der Waals surface area contributed by atoms with E-state index in [9.17, 15) is 9.59 Å². The number of pyridine rings is 1. The first-order valence-electron chi connectivity index (χ1n) is 9.32. The van der Waals surface area contributed by atoms with Gasteiger partial charge in [-0.3, -0.25) is 9.69 Å². The number of hydrogen-bond acceptors (Lipinski definition) is 5. The summed E-state index contributed by atoms with van der Waals surface area (Å²) in [5.74, 6) is 1.19. The van der Waals surface area contributed by atoms with Crippen LogP contribution in [0.2, 0.25) is 0 Å². The van der Waals surface area contributed by atoms with Crippen LogP contribution in [-0.2, 0) is 9.53 Å². The Morgan fingerprint density at radius 1 is 1.26 bits per heavy atom. The normalized spacial score (nSPS) is 21.0. The van der Waals surface area contributed by atoms with E-state index in [-0.39, 0.29) is 12.0 Å². The highest BCUT2D eigenvalue weighted by Gasteiger charge is 2.31. The molecule has 1 aromatic rings. The zero-order valence-electron chi connectivity index (χ0n) is 16.2. The molecule has 0 N–H and O–H groups in total. The lowest BCUT2D eigenvalue weighted by Gasteiger charge is -2.36. The van der Waals surface area contributed by atoms with Gasteiger partial charge < -0.3 is 14.5 Å². The summed E-state index contributed by atoms with van der Waals surface area (Å²) < 4.78 is 5.43. The highest BCUT2D eigenvalue weighted by molar-refractivity contribution is 9.09. The van der Waals surface area contributed by atoms with Crippen LogP contribution in [-0.4, -0.2) is 65.5 Å². The molecule has 0 spiro atoms. The SMILES string of the molecule is CC(C)(C)OC(=O)N1CCN(c2ccc(N3CC(CBr)CC3=O)nc2)CC1. The second-order valence-electron chi connectivity index (χ2n) is 8.06. The Kier molecular flexibility index (Phi) is 5.93. The zero-order valence-corrected chi connectivity index (χ0v) is 17.7. The predicted molar refractivity (Wildman–Crippen MR) is 109 cm³/mol. The van der Waals surface area contributed by atoms with Crippen molar-refractivity contribution in [2.24, 2.45) is 5.92 Å². The van der Waals surface area contributed by atoms with Crippen molar-refractivity contribution in [3.8, 4) is 0 Å². The molecule has 1 aromatic heterocycles. The number of carbonyl (C=O) groups is 2. The smallest absolute Gasteiger partial charge is 0.410 e. The Bertz CT molecular complexity index is 681. The molecule has 1 unspecified atom stereocenters. The van der Waals surface area contributed by atoms with Crippen LogP contribution in [0.15, 0.2) is 18.3 Å². The number of carbonyl (C=O) groups excluding carboxylic acids is 2. The average Bonchev–Trinajstić information content (AvgIpc) is 3.01. The quantitative estimate of drug-likeness (QED) is 0.678. The largest absolute Gasteiger partial charge is 0.444 e. The molecule has 148 valence electrons. The molecule has 0 aromatic carbocycles. The van der Waals surface area contributed by atoms with E-state index < -0.39 is 5.60 Å². The van der Waals surface area contributed by atoms with E-state index in [0.717, 1.165) is 24.1 Å². The summed E-state index contributed by atoms with van der Waals surface area (Å²) in [7, 11) is 0. The number of piperazine rings is 1. The van der Waals surface area contributed by atoms with E-state index in [4.69, 9.17) is 4.74 Å². The summed E-state index contributed by atoms with van der Waals surface area (Å²) in [5, 5.41) is 0.829. The minimum absolute atomic E-state index is 0.130. The molecule has 1 atom stereocenters. The van der Waals surface area contributed by atoms with E-state index in [0.29, 0.717) is 37.8 Å². The molecule has 0 radical (unpaired) electrons. The third kappa shape index (κ3) is 4.91. The van der Waals surface area contributed by atoms with Crippen molar-refractivity contribution in [2.45, 2.75) is 32.8 Å². The van der Waals surface area contributed by atoms with Crippen molar-refractivity contribution in [3.05, 3.63) is 18.3 Å². The van der Waals surface area contributed by atoms with Crippen molar-refractivity contribution < 1.29 is 14.3 Å². The lowest BCUT2D eigenvalue weighted by molar-refractivity contribution is -0.117. The van der Waals surface area contributed by atoms with Gasteiger partial charge in [0.2, 0.25) is 5.91 Å². The van der Waals surface area contributed by atoms with Crippen LogP contribution in [0.25, 0.3) is 0 Å². The Labute approximate surface area is 168 Å². The predicted octanol–water partition coefficient (Wildman–Crippen LogP) is 2.89. The molecule has 0 saturated carbocycles. The number of amides is 2. The lowest BCUT2D eigenvalue weighted by Crippen LogP contribution is -2.50. The van der Waals surface area contributed by atoms with E-state index >= 15 is 0 Å². The molecule has 3 heterocycles. The van der Waals surface area contributed by atoms with E-state index in [1.54, 1.807) is 9.80 Å². The van der Waals surface area contributed by atoms with Crippen LogP contribution < -0.4 is 9.80 Å². The molecule has 2 amide bonds. The van der Waals surface area contributed by atoms with Gasteiger partial charge >= 0.3 is 6.09 Å². The lowest BCUT2D eigenvalue weighted by atomic mass is 10.2. The Morgan fingerprint density at radius 2 is 1.96 bits per heavy atom. The molecule has 2 aliphatic heterocycles. The Balaban J connectivity index is 1.56. The van der Waals surface area contributed by atoms with E-state index in [2.05, 4.69) is 25.8 Å². The van der Waals surface area contributed by atoms with Crippen molar-refractivity contribution in [3.63, 3.8) is 0 Å². The van der Waals surface area contributed by atoms with Gasteiger partial charge in [0.15, 0.2) is 0 Å². The minimum Gasteiger partial charge on any atom is -0.444 e. The highest BCUT2D eigenvalue weighted by atomic mass is 79.9.